The summed E-state index contributed by atoms with van der Waals surface area (Å²) in [5.74, 6) is 3.75. The maximum Gasteiger partial charge on any atom is 0.240 e. The van der Waals surface area contributed by atoms with E-state index in [2.05, 4.69) is 17.4 Å². The minimum atomic E-state index is -3.59. The molecule has 0 spiro atoms. The normalized spacial score (nSPS) is 26.7. The fraction of sp³-hybridized carbons (Fsp3) is 0.536. The molecule has 0 unspecified atom stereocenters. The molecular weight excluding hydrogens is 512 g/mol. The molecule has 1 N–H and O–H groups in total. The number of amides is 1. The molecule has 2 aromatic carbocycles. The first-order valence-electron chi connectivity index (χ1n) is 12.9. The maximum absolute atomic E-state index is 12.6. The summed E-state index contributed by atoms with van der Waals surface area (Å²) in [5, 5.41) is 3.60. The van der Waals surface area contributed by atoms with Crippen LogP contribution in [-0.2, 0) is 26.0 Å². The summed E-state index contributed by atoms with van der Waals surface area (Å²) in [6.45, 7) is 0.251. The Labute approximate surface area is 224 Å². The number of nitrogens with zero attached hydrogens (tertiary/aromatic N) is 1. The van der Waals surface area contributed by atoms with E-state index in [-0.39, 0.29) is 17.9 Å². The SMILES string of the molecule is CS(=O)(=O)N(CC(=O)NCCSCc1ccccc1Cl)c1ccc(C23CC4CC(CC(C4)C2)C3)cc1. The molecule has 4 aliphatic rings. The highest BCUT2D eigenvalue weighted by Crippen LogP contribution is 2.60. The summed E-state index contributed by atoms with van der Waals surface area (Å²) < 4.78 is 26.3. The lowest BCUT2D eigenvalue weighted by atomic mass is 9.48. The zero-order chi connectivity index (χ0) is 25.3. The van der Waals surface area contributed by atoms with Crippen LogP contribution in [0.2, 0.25) is 5.02 Å². The molecule has 4 aliphatic carbocycles. The third-order valence-electron chi connectivity index (χ3n) is 8.28. The molecular formula is C28H35ClN2O3S2. The van der Waals surface area contributed by atoms with Crippen LogP contribution in [0.3, 0.4) is 0 Å². The Hall–Kier alpha value is -1.70. The van der Waals surface area contributed by atoms with E-state index < -0.39 is 10.0 Å². The predicted octanol–water partition coefficient (Wildman–Crippen LogP) is 5.62. The molecule has 194 valence electrons. The number of carbonyl (C=O) groups excluding carboxylic acids is 1. The molecule has 0 radical (unpaired) electrons. The Morgan fingerprint density at radius 1 is 1.03 bits per heavy atom. The molecule has 8 heteroatoms. The number of sulfonamides is 1. The average molecular weight is 547 g/mol. The van der Waals surface area contributed by atoms with Crippen LogP contribution in [0.4, 0.5) is 5.69 Å². The summed E-state index contributed by atoms with van der Waals surface area (Å²) in [6.07, 6.45) is 9.15. The number of carbonyl (C=O) groups is 1. The van der Waals surface area contributed by atoms with Gasteiger partial charge in [0.25, 0.3) is 0 Å². The third kappa shape index (κ3) is 5.73. The van der Waals surface area contributed by atoms with Gasteiger partial charge >= 0.3 is 0 Å². The van der Waals surface area contributed by atoms with Crippen molar-refractivity contribution in [3.05, 3.63) is 64.7 Å². The van der Waals surface area contributed by atoms with Gasteiger partial charge in [-0.1, -0.05) is 41.9 Å². The summed E-state index contributed by atoms with van der Waals surface area (Å²) >= 11 is 7.86. The van der Waals surface area contributed by atoms with Gasteiger partial charge in [0.1, 0.15) is 6.54 Å². The second-order valence-electron chi connectivity index (χ2n) is 11.0. The lowest BCUT2D eigenvalue weighted by Gasteiger charge is -2.57. The molecule has 0 aliphatic heterocycles. The molecule has 1 amide bonds. The van der Waals surface area contributed by atoms with Gasteiger partial charge in [-0.25, -0.2) is 8.42 Å². The third-order valence-corrected chi connectivity index (χ3v) is 10.8. The lowest BCUT2D eigenvalue weighted by molar-refractivity contribution is -0.119. The number of halogens is 1. The molecule has 36 heavy (non-hydrogen) atoms. The van der Waals surface area contributed by atoms with Crippen molar-refractivity contribution in [1.29, 1.82) is 0 Å². The summed E-state index contributed by atoms with van der Waals surface area (Å²) in [4.78, 5) is 12.6. The van der Waals surface area contributed by atoms with Gasteiger partial charge in [0, 0.05) is 23.1 Å². The minimum Gasteiger partial charge on any atom is -0.354 e. The first-order valence-corrected chi connectivity index (χ1v) is 16.3. The number of hydrogen-bond acceptors (Lipinski definition) is 4. The van der Waals surface area contributed by atoms with E-state index in [0.717, 1.165) is 46.1 Å². The number of rotatable bonds is 10. The molecule has 0 atom stereocenters. The van der Waals surface area contributed by atoms with Gasteiger partial charge in [0.05, 0.1) is 11.9 Å². The highest BCUT2D eigenvalue weighted by atomic mass is 35.5. The van der Waals surface area contributed by atoms with E-state index in [4.69, 9.17) is 11.6 Å². The lowest BCUT2D eigenvalue weighted by Crippen LogP contribution is -2.48. The Balaban J connectivity index is 1.17. The van der Waals surface area contributed by atoms with Crippen molar-refractivity contribution in [2.45, 2.75) is 49.7 Å². The van der Waals surface area contributed by atoms with E-state index in [1.807, 2.05) is 36.4 Å². The van der Waals surface area contributed by atoms with E-state index in [1.165, 1.54) is 48.4 Å². The smallest absolute Gasteiger partial charge is 0.240 e. The zero-order valence-electron chi connectivity index (χ0n) is 20.8. The van der Waals surface area contributed by atoms with Gasteiger partial charge in [-0.3, -0.25) is 9.10 Å². The first kappa shape index (κ1) is 25.9. The van der Waals surface area contributed by atoms with Crippen LogP contribution in [0, 0.1) is 17.8 Å². The highest BCUT2D eigenvalue weighted by Gasteiger charge is 2.51. The van der Waals surface area contributed by atoms with Crippen LogP contribution in [-0.4, -0.2) is 39.4 Å². The largest absolute Gasteiger partial charge is 0.354 e. The van der Waals surface area contributed by atoms with Crippen molar-refractivity contribution in [3.63, 3.8) is 0 Å². The van der Waals surface area contributed by atoms with Crippen LogP contribution in [0.5, 0.6) is 0 Å². The Bertz CT molecular complexity index is 1160. The molecule has 4 fully saturated rings. The molecule has 0 aromatic heterocycles. The van der Waals surface area contributed by atoms with Crippen LogP contribution < -0.4 is 9.62 Å². The van der Waals surface area contributed by atoms with Crippen LogP contribution in [0.1, 0.15) is 49.7 Å². The summed E-state index contributed by atoms with van der Waals surface area (Å²) in [7, 11) is -3.59. The summed E-state index contributed by atoms with van der Waals surface area (Å²) in [6, 6.07) is 15.7. The average Bonchev–Trinajstić information content (AvgIpc) is 2.82. The second kappa shape index (κ2) is 10.6. The monoisotopic (exact) mass is 546 g/mol. The quantitative estimate of drug-likeness (QED) is 0.393. The predicted molar refractivity (Wildman–Crippen MR) is 149 cm³/mol. The fourth-order valence-electron chi connectivity index (χ4n) is 7.09. The molecule has 4 bridgehead atoms. The zero-order valence-corrected chi connectivity index (χ0v) is 23.2. The van der Waals surface area contributed by atoms with Gasteiger partial charge < -0.3 is 5.32 Å². The Kier molecular flexibility index (Phi) is 7.62. The van der Waals surface area contributed by atoms with E-state index in [1.54, 1.807) is 11.8 Å². The number of benzene rings is 2. The standard InChI is InChI=1S/C28H35ClN2O3S2/c1-36(33,34)31(18-27(32)30-10-11-35-19-23-4-2-3-5-26(23)29)25-8-6-24(7-9-25)28-15-20-12-21(16-28)14-22(13-20)17-28/h2-9,20-22H,10-19H2,1H3,(H,30,32). The first-order chi connectivity index (χ1) is 17.2. The molecule has 0 saturated heterocycles. The number of thioether (sulfide) groups is 1. The number of nitrogens with one attached hydrogen (secondary N) is 1. The van der Waals surface area contributed by atoms with Crippen LogP contribution in [0.25, 0.3) is 0 Å². The van der Waals surface area contributed by atoms with Crippen molar-refractivity contribution >= 4 is 45.0 Å². The topological polar surface area (TPSA) is 66.5 Å². The highest BCUT2D eigenvalue weighted by molar-refractivity contribution is 7.98. The maximum atomic E-state index is 12.6. The van der Waals surface area contributed by atoms with Crippen LogP contribution >= 0.6 is 23.4 Å². The van der Waals surface area contributed by atoms with Crippen molar-refractivity contribution in [3.8, 4) is 0 Å². The van der Waals surface area contributed by atoms with Gasteiger partial charge in [0.2, 0.25) is 15.9 Å². The molecule has 4 saturated carbocycles. The Morgan fingerprint density at radius 3 is 2.22 bits per heavy atom. The van der Waals surface area contributed by atoms with E-state index >= 15 is 0 Å². The molecule has 2 aromatic rings. The summed E-state index contributed by atoms with van der Waals surface area (Å²) in [5.41, 5.74) is 3.23. The number of hydrogen-bond donors (Lipinski definition) is 1. The van der Waals surface area contributed by atoms with Gasteiger partial charge in [0.15, 0.2) is 0 Å². The van der Waals surface area contributed by atoms with Gasteiger partial charge in [-0.05, 0) is 91.0 Å². The van der Waals surface area contributed by atoms with Gasteiger partial charge in [-0.15, -0.1) is 0 Å². The van der Waals surface area contributed by atoms with Crippen LogP contribution in [0.15, 0.2) is 48.5 Å². The fourth-order valence-corrected chi connectivity index (χ4v) is 9.09. The van der Waals surface area contributed by atoms with Gasteiger partial charge in [-0.2, -0.15) is 11.8 Å². The van der Waals surface area contributed by atoms with E-state index in [0.29, 0.717) is 12.2 Å². The number of anilines is 1. The molecule has 0 heterocycles. The van der Waals surface area contributed by atoms with Crippen molar-refractivity contribution in [2.24, 2.45) is 17.8 Å². The minimum absolute atomic E-state index is 0.218. The van der Waals surface area contributed by atoms with E-state index in [9.17, 15) is 13.2 Å². The Morgan fingerprint density at radius 2 is 1.64 bits per heavy atom. The van der Waals surface area contributed by atoms with Crippen molar-refractivity contribution in [2.75, 3.05) is 29.4 Å². The molecule has 5 nitrogen and oxygen atoms in total. The van der Waals surface area contributed by atoms with Crippen molar-refractivity contribution < 1.29 is 13.2 Å². The molecule has 6 rings (SSSR count). The second-order valence-corrected chi connectivity index (χ2v) is 14.4. The van der Waals surface area contributed by atoms with Crippen molar-refractivity contribution in [1.82, 2.24) is 5.32 Å².